The molecule has 96 valence electrons. The van der Waals surface area contributed by atoms with Gasteiger partial charge in [0.2, 0.25) is 0 Å². The maximum absolute atomic E-state index is 3.60. The van der Waals surface area contributed by atoms with Gasteiger partial charge in [-0.3, -0.25) is 0 Å². The fraction of sp³-hybridized carbons (Fsp3) is 0.333. The van der Waals surface area contributed by atoms with Crippen molar-refractivity contribution in [1.82, 2.24) is 5.32 Å². The van der Waals surface area contributed by atoms with Gasteiger partial charge >= 0.3 is 0 Å². The molecular formula is C15H18BrNS. The summed E-state index contributed by atoms with van der Waals surface area (Å²) in [5.41, 5.74) is 4.03. The van der Waals surface area contributed by atoms with Crippen molar-refractivity contribution in [2.75, 3.05) is 7.05 Å². The first-order chi connectivity index (χ1) is 8.65. The second-order valence-corrected chi connectivity index (χ2v) is 6.83. The van der Waals surface area contributed by atoms with Gasteiger partial charge in [-0.25, -0.2) is 0 Å². The van der Waals surface area contributed by atoms with E-state index in [0.717, 1.165) is 6.42 Å². The Morgan fingerprint density at radius 1 is 1.33 bits per heavy atom. The molecule has 0 saturated heterocycles. The monoisotopic (exact) mass is 323 g/mol. The Bertz CT molecular complexity index is 514. The van der Waals surface area contributed by atoms with Crippen LogP contribution in [0.25, 0.3) is 0 Å². The molecule has 0 aliphatic rings. The molecule has 1 aromatic carbocycles. The van der Waals surface area contributed by atoms with Crippen molar-refractivity contribution in [2.45, 2.75) is 26.3 Å². The molecule has 3 heteroatoms. The summed E-state index contributed by atoms with van der Waals surface area (Å²) in [6.45, 7) is 4.33. The molecule has 1 N–H and O–H groups in total. The van der Waals surface area contributed by atoms with Gasteiger partial charge in [0.15, 0.2) is 0 Å². The highest BCUT2D eigenvalue weighted by atomic mass is 79.9. The van der Waals surface area contributed by atoms with Gasteiger partial charge in [0.1, 0.15) is 0 Å². The molecule has 0 bridgehead atoms. The number of nitrogens with one attached hydrogen (secondary N) is 1. The lowest BCUT2D eigenvalue weighted by Crippen LogP contribution is -2.16. The van der Waals surface area contributed by atoms with Crippen LogP contribution >= 0.6 is 27.3 Å². The highest BCUT2D eigenvalue weighted by Crippen LogP contribution is 2.34. The fourth-order valence-corrected chi connectivity index (χ4v) is 3.80. The summed E-state index contributed by atoms with van der Waals surface area (Å²) < 4.78 is 1.23. The highest BCUT2D eigenvalue weighted by molar-refractivity contribution is 9.11. The standard InChI is InChI=1S/C15H18BrNS/c1-4-11-6-5-7-12(9-11)14(17-3)13-8-10(2)15(16)18-13/h5-9,14,17H,4H2,1-3H3. The van der Waals surface area contributed by atoms with Crippen molar-refractivity contribution in [3.8, 4) is 0 Å². The van der Waals surface area contributed by atoms with E-state index in [-0.39, 0.29) is 6.04 Å². The Balaban J connectivity index is 2.38. The van der Waals surface area contributed by atoms with Crippen LogP contribution in [-0.2, 0) is 6.42 Å². The van der Waals surface area contributed by atoms with E-state index in [2.05, 4.69) is 65.4 Å². The zero-order valence-corrected chi connectivity index (χ0v) is 13.4. The van der Waals surface area contributed by atoms with Crippen molar-refractivity contribution in [3.05, 3.63) is 55.7 Å². The van der Waals surface area contributed by atoms with Crippen LogP contribution in [0.2, 0.25) is 0 Å². The lowest BCUT2D eigenvalue weighted by Gasteiger charge is -2.15. The minimum atomic E-state index is 0.284. The second kappa shape index (κ2) is 6.00. The van der Waals surface area contributed by atoms with Crippen molar-refractivity contribution in [1.29, 1.82) is 0 Å². The lowest BCUT2D eigenvalue weighted by molar-refractivity contribution is 0.702. The molecule has 1 atom stereocenters. The molecule has 0 fully saturated rings. The minimum Gasteiger partial charge on any atom is -0.309 e. The third kappa shape index (κ3) is 2.85. The van der Waals surface area contributed by atoms with Gasteiger partial charge in [-0.15, -0.1) is 11.3 Å². The molecule has 0 amide bonds. The topological polar surface area (TPSA) is 12.0 Å². The van der Waals surface area contributed by atoms with E-state index in [9.17, 15) is 0 Å². The third-order valence-electron chi connectivity index (χ3n) is 3.14. The van der Waals surface area contributed by atoms with Gasteiger partial charge in [-0.05, 0) is 59.1 Å². The Morgan fingerprint density at radius 3 is 2.67 bits per heavy atom. The maximum Gasteiger partial charge on any atom is 0.0731 e. The van der Waals surface area contributed by atoms with Gasteiger partial charge in [0.05, 0.1) is 9.83 Å². The van der Waals surface area contributed by atoms with Crippen LogP contribution in [-0.4, -0.2) is 7.05 Å². The average Bonchev–Trinajstić information content (AvgIpc) is 2.70. The normalized spacial score (nSPS) is 12.7. The van der Waals surface area contributed by atoms with Crippen LogP contribution < -0.4 is 5.32 Å². The summed E-state index contributed by atoms with van der Waals surface area (Å²) in [6, 6.07) is 11.4. The van der Waals surface area contributed by atoms with Crippen molar-refractivity contribution in [3.63, 3.8) is 0 Å². The van der Waals surface area contributed by atoms with Crippen LogP contribution in [0.15, 0.2) is 34.1 Å². The summed E-state index contributed by atoms with van der Waals surface area (Å²) in [4.78, 5) is 1.36. The molecule has 18 heavy (non-hydrogen) atoms. The van der Waals surface area contributed by atoms with Gasteiger partial charge in [0, 0.05) is 4.88 Å². The first-order valence-corrected chi connectivity index (χ1v) is 7.78. The second-order valence-electron chi connectivity index (χ2n) is 4.43. The lowest BCUT2D eigenvalue weighted by atomic mass is 10.0. The Kier molecular flexibility index (Phi) is 4.60. The van der Waals surface area contributed by atoms with Gasteiger partial charge < -0.3 is 5.32 Å². The average molecular weight is 324 g/mol. The number of halogens is 1. The van der Waals surface area contributed by atoms with E-state index in [1.807, 2.05) is 18.4 Å². The predicted octanol–water partition coefficient (Wildman–Crippen LogP) is 4.69. The maximum atomic E-state index is 3.60. The van der Waals surface area contributed by atoms with E-state index in [0.29, 0.717) is 0 Å². The van der Waals surface area contributed by atoms with Gasteiger partial charge in [-0.1, -0.05) is 31.2 Å². The van der Waals surface area contributed by atoms with E-state index >= 15 is 0 Å². The van der Waals surface area contributed by atoms with Gasteiger partial charge in [-0.2, -0.15) is 0 Å². The van der Waals surface area contributed by atoms with E-state index in [4.69, 9.17) is 0 Å². The zero-order valence-electron chi connectivity index (χ0n) is 11.0. The van der Waals surface area contributed by atoms with Crippen LogP contribution in [0.5, 0.6) is 0 Å². The van der Waals surface area contributed by atoms with E-state index in [1.165, 1.54) is 25.4 Å². The summed E-state index contributed by atoms with van der Waals surface area (Å²) in [5.74, 6) is 0. The Labute approximate surface area is 121 Å². The van der Waals surface area contributed by atoms with Crippen LogP contribution in [0.4, 0.5) is 0 Å². The van der Waals surface area contributed by atoms with E-state index < -0.39 is 0 Å². The number of hydrogen-bond acceptors (Lipinski definition) is 2. The number of benzene rings is 1. The molecule has 2 rings (SSSR count). The predicted molar refractivity (Wildman–Crippen MR) is 83.5 cm³/mol. The highest BCUT2D eigenvalue weighted by Gasteiger charge is 2.15. The fourth-order valence-electron chi connectivity index (χ4n) is 2.09. The molecule has 0 radical (unpaired) electrons. The first-order valence-electron chi connectivity index (χ1n) is 6.17. The molecule has 0 spiro atoms. The third-order valence-corrected chi connectivity index (χ3v) is 5.34. The van der Waals surface area contributed by atoms with Crippen LogP contribution in [0, 0.1) is 6.92 Å². The van der Waals surface area contributed by atoms with Crippen LogP contribution in [0.3, 0.4) is 0 Å². The number of aryl methyl sites for hydroxylation is 2. The van der Waals surface area contributed by atoms with Gasteiger partial charge in [0.25, 0.3) is 0 Å². The summed E-state index contributed by atoms with van der Waals surface area (Å²) in [7, 11) is 2.02. The molecule has 2 aromatic rings. The van der Waals surface area contributed by atoms with Crippen LogP contribution in [0.1, 0.15) is 34.5 Å². The number of rotatable bonds is 4. The molecule has 0 aliphatic heterocycles. The Hall–Kier alpha value is -0.640. The summed E-state index contributed by atoms with van der Waals surface area (Å²) >= 11 is 5.41. The first kappa shape index (κ1) is 13.8. The Morgan fingerprint density at radius 2 is 2.11 bits per heavy atom. The quantitative estimate of drug-likeness (QED) is 0.860. The zero-order chi connectivity index (χ0) is 13.1. The van der Waals surface area contributed by atoms with Crippen molar-refractivity contribution >= 4 is 27.3 Å². The molecule has 0 aliphatic carbocycles. The minimum absolute atomic E-state index is 0.284. The smallest absolute Gasteiger partial charge is 0.0731 e. The molecule has 1 heterocycles. The van der Waals surface area contributed by atoms with Crippen molar-refractivity contribution < 1.29 is 0 Å². The molecule has 1 aromatic heterocycles. The molecule has 0 saturated carbocycles. The number of thiophene rings is 1. The molecule has 1 nitrogen and oxygen atoms in total. The van der Waals surface area contributed by atoms with E-state index in [1.54, 1.807) is 0 Å². The van der Waals surface area contributed by atoms with Crippen molar-refractivity contribution in [2.24, 2.45) is 0 Å². The SMILES string of the molecule is CCc1cccc(C(NC)c2cc(C)c(Br)s2)c1. The summed E-state index contributed by atoms with van der Waals surface area (Å²) in [5, 5.41) is 3.42. The number of hydrogen-bond donors (Lipinski definition) is 1. The molecule has 1 unspecified atom stereocenters. The summed E-state index contributed by atoms with van der Waals surface area (Å²) in [6.07, 6.45) is 1.08. The molecular weight excluding hydrogens is 306 g/mol. The largest absolute Gasteiger partial charge is 0.309 e.